The van der Waals surface area contributed by atoms with Crippen molar-refractivity contribution < 1.29 is 22.8 Å². The van der Waals surface area contributed by atoms with E-state index in [4.69, 9.17) is 5.11 Å². The first kappa shape index (κ1) is 16.8. The number of aliphatic hydroxyl groups excluding tert-OH is 1. The summed E-state index contributed by atoms with van der Waals surface area (Å²) < 4.78 is 40.4. The average molecular weight is 344 g/mol. The summed E-state index contributed by atoms with van der Waals surface area (Å²) >= 11 is 0. The number of benzene rings is 1. The normalized spacial score (nSPS) is 11.4. The predicted octanol–water partition coefficient (Wildman–Crippen LogP) is 1.03. The van der Waals surface area contributed by atoms with Gasteiger partial charge in [0.25, 0.3) is 10.0 Å². The zero-order valence-electron chi connectivity index (χ0n) is 11.9. The lowest BCUT2D eigenvalue weighted by Gasteiger charge is -2.06. The van der Waals surface area contributed by atoms with Gasteiger partial charge in [-0.25, -0.2) is 17.4 Å². The second-order valence-corrected chi connectivity index (χ2v) is 6.21. The molecule has 23 heavy (non-hydrogen) atoms. The number of halogens is 1. The number of hydrogen-bond acceptors (Lipinski definition) is 6. The molecule has 0 atom stereocenters. The Hall–Kier alpha value is -2.53. The largest absolute Gasteiger partial charge is 0.392 e. The van der Waals surface area contributed by atoms with Gasteiger partial charge in [-0.1, -0.05) is 0 Å². The van der Waals surface area contributed by atoms with Crippen LogP contribution < -0.4 is 4.72 Å². The van der Waals surface area contributed by atoms with Crippen LogP contribution in [0, 0.1) is 22.9 Å². The van der Waals surface area contributed by atoms with E-state index in [-0.39, 0.29) is 23.9 Å². The predicted molar refractivity (Wildman–Crippen MR) is 77.9 cm³/mol. The molecule has 1 heterocycles. The molecule has 0 radical (unpaired) electrons. The number of aliphatic hydroxyl groups is 1. The van der Waals surface area contributed by atoms with E-state index in [1.807, 2.05) is 4.72 Å². The van der Waals surface area contributed by atoms with Gasteiger partial charge in [-0.3, -0.25) is 4.72 Å². The first-order chi connectivity index (χ1) is 10.8. The highest BCUT2D eigenvalue weighted by atomic mass is 32.2. The summed E-state index contributed by atoms with van der Waals surface area (Å²) in [6.07, 6.45) is 0. The quantitative estimate of drug-likeness (QED) is 0.595. The van der Waals surface area contributed by atoms with Crippen LogP contribution in [0.3, 0.4) is 0 Å². The van der Waals surface area contributed by atoms with Gasteiger partial charge in [0, 0.05) is 6.92 Å². The highest BCUT2D eigenvalue weighted by Crippen LogP contribution is 2.27. The van der Waals surface area contributed by atoms with E-state index in [1.54, 1.807) is 0 Å². The molecule has 0 fully saturated rings. The topological polar surface area (TPSA) is 127 Å². The average Bonchev–Trinajstić information content (AvgIpc) is 2.75. The van der Waals surface area contributed by atoms with Crippen LogP contribution in [0.2, 0.25) is 0 Å². The molecule has 1 aromatic carbocycles. The molecule has 0 saturated carbocycles. The van der Waals surface area contributed by atoms with Crippen molar-refractivity contribution in [2.75, 3.05) is 11.3 Å². The smallest absolute Gasteiger partial charge is 0.368 e. The van der Waals surface area contributed by atoms with Crippen LogP contribution in [-0.2, 0) is 16.6 Å². The van der Waals surface area contributed by atoms with Crippen LogP contribution in [0.1, 0.15) is 5.82 Å². The third-order valence-corrected chi connectivity index (χ3v) is 4.34. The maximum absolute atomic E-state index is 12.9. The summed E-state index contributed by atoms with van der Waals surface area (Å²) in [5.74, 6) is -1.49. The Kier molecular flexibility index (Phi) is 4.61. The van der Waals surface area contributed by atoms with Gasteiger partial charge in [0.15, 0.2) is 5.82 Å². The Labute approximate surface area is 130 Å². The maximum atomic E-state index is 12.9. The van der Waals surface area contributed by atoms with Gasteiger partial charge in [0.1, 0.15) is 12.4 Å². The van der Waals surface area contributed by atoms with Crippen LogP contribution in [0.15, 0.2) is 29.2 Å². The second-order valence-electron chi connectivity index (χ2n) is 4.52. The third-order valence-electron chi connectivity index (χ3n) is 2.98. The molecule has 1 aromatic heterocycles. The molecule has 0 amide bonds. The number of nitrogens with zero attached hydrogens (tertiary/aromatic N) is 3. The fourth-order valence-electron chi connectivity index (χ4n) is 1.97. The molecule has 0 bridgehead atoms. The van der Waals surface area contributed by atoms with Crippen LogP contribution in [0.5, 0.6) is 0 Å². The molecular weight excluding hydrogens is 331 g/mol. The molecule has 2 aromatic rings. The van der Waals surface area contributed by atoms with E-state index in [1.165, 1.54) is 6.92 Å². The zero-order valence-corrected chi connectivity index (χ0v) is 12.7. The molecule has 11 heteroatoms. The van der Waals surface area contributed by atoms with Gasteiger partial charge in [-0.15, -0.1) is 0 Å². The minimum atomic E-state index is -4.16. The van der Waals surface area contributed by atoms with Crippen molar-refractivity contribution in [2.45, 2.75) is 18.4 Å². The first-order valence-corrected chi connectivity index (χ1v) is 7.85. The highest BCUT2D eigenvalue weighted by Gasteiger charge is 2.28. The van der Waals surface area contributed by atoms with Crippen molar-refractivity contribution in [3.63, 3.8) is 0 Å². The molecule has 9 nitrogen and oxygen atoms in total. The van der Waals surface area contributed by atoms with Crippen molar-refractivity contribution in [1.82, 2.24) is 9.55 Å². The summed E-state index contributed by atoms with van der Waals surface area (Å²) in [5, 5.41) is 20.1. The van der Waals surface area contributed by atoms with Gasteiger partial charge in [0.2, 0.25) is 5.82 Å². The lowest BCUT2D eigenvalue weighted by atomic mass is 10.4. The number of aromatic nitrogens is 2. The molecular formula is C12H13FN4O5S. The number of aryl methyl sites for hydroxylation is 1. The standard InChI is InChI=1S/C12H13FN4O5S/c1-8-14-11(12(17(19)20)16(8)6-7-18)15-23(21,22)10-4-2-9(13)3-5-10/h2-5,15,18H,6-7H2,1H3. The van der Waals surface area contributed by atoms with Crippen LogP contribution in [0.4, 0.5) is 16.0 Å². The fraction of sp³-hybridized carbons (Fsp3) is 0.250. The first-order valence-electron chi connectivity index (χ1n) is 6.37. The van der Waals surface area contributed by atoms with Gasteiger partial charge in [0.05, 0.1) is 11.5 Å². The molecule has 2 N–H and O–H groups in total. The number of hydrogen-bond donors (Lipinski definition) is 2. The van der Waals surface area contributed by atoms with Gasteiger partial charge in [-0.2, -0.15) is 4.98 Å². The Morgan fingerprint density at radius 1 is 1.39 bits per heavy atom. The highest BCUT2D eigenvalue weighted by molar-refractivity contribution is 7.92. The number of imidazole rings is 1. The fourth-order valence-corrected chi connectivity index (χ4v) is 2.98. The number of sulfonamides is 1. The SMILES string of the molecule is Cc1nc(NS(=O)(=O)c2ccc(F)cc2)c([N+](=O)[O-])n1CCO. The van der Waals surface area contributed by atoms with Crippen LogP contribution in [0.25, 0.3) is 0 Å². The number of rotatable bonds is 6. The Morgan fingerprint density at radius 2 is 2.00 bits per heavy atom. The Bertz CT molecular complexity index is 832. The lowest BCUT2D eigenvalue weighted by molar-refractivity contribution is -0.391. The minimum Gasteiger partial charge on any atom is -0.392 e. The van der Waals surface area contributed by atoms with E-state index in [0.29, 0.717) is 0 Å². The van der Waals surface area contributed by atoms with Gasteiger partial charge >= 0.3 is 5.82 Å². The lowest BCUT2D eigenvalue weighted by Crippen LogP contribution is -2.15. The van der Waals surface area contributed by atoms with Crippen molar-refractivity contribution in [2.24, 2.45) is 0 Å². The summed E-state index contributed by atoms with van der Waals surface area (Å²) in [5.41, 5.74) is 0. The van der Waals surface area contributed by atoms with Crippen LogP contribution >= 0.6 is 0 Å². The van der Waals surface area contributed by atoms with Gasteiger partial charge < -0.3 is 15.2 Å². The molecule has 124 valence electrons. The van der Waals surface area contributed by atoms with E-state index in [9.17, 15) is 22.9 Å². The molecule has 0 aliphatic rings. The van der Waals surface area contributed by atoms with E-state index < -0.39 is 32.4 Å². The maximum Gasteiger partial charge on any atom is 0.368 e. The summed E-state index contributed by atoms with van der Waals surface area (Å²) in [6, 6.07) is 3.97. The van der Waals surface area contributed by atoms with Gasteiger partial charge in [-0.05, 0) is 29.2 Å². The van der Waals surface area contributed by atoms with E-state index >= 15 is 0 Å². The van der Waals surface area contributed by atoms with E-state index in [0.717, 1.165) is 28.8 Å². The summed E-state index contributed by atoms with van der Waals surface area (Å²) in [7, 11) is -4.16. The van der Waals surface area contributed by atoms with Crippen molar-refractivity contribution in [1.29, 1.82) is 0 Å². The zero-order chi connectivity index (χ0) is 17.2. The Balaban J connectivity index is 2.45. The minimum absolute atomic E-state index is 0.104. The number of nitrogens with one attached hydrogen (secondary N) is 1. The molecule has 0 saturated heterocycles. The van der Waals surface area contributed by atoms with Crippen molar-refractivity contribution in [3.8, 4) is 0 Å². The van der Waals surface area contributed by atoms with Crippen LogP contribution in [-0.4, -0.2) is 34.6 Å². The molecule has 0 aliphatic heterocycles. The van der Waals surface area contributed by atoms with Crippen molar-refractivity contribution in [3.05, 3.63) is 46.0 Å². The van der Waals surface area contributed by atoms with E-state index in [2.05, 4.69) is 4.98 Å². The third kappa shape index (κ3) is 3.46. The summed E-state index contributed by atoms with van der Waals surface area (Å²) in [4.78, 5) is 13.9. The molecule has 0 aliphatic carbocycles. The number of anilines is 1. The molecule has 0 unspecified atom stereocenters. The molecule has 2 rings (SSSR count). The number of nitro groups is 1. The monoisotopic (exact) mass is 344 g/mol. The Morgan fingerprint density at radius 3 is 2.52 bits per heavy atom. The molecule has 0 spiro atoms. The van der Waals surface area contributed by atoms with Crippen molar-refractivity contribution >= 4 is 21.7 Å². The second kappa shape index (κ2) is 6.30. The summed E-state index contributed by atoms with van der Waals surface area (Å²) in [6.45, 7) is 0.966.